The van der Waals surface area contributed by atoms with E-state index in [-0.39, 0.29) is 0 Å². The van der Waals surface area contributed by atoms with Gasteiger partial charge in [0.05, 0.1) is 11.9 Å². The summed E-state index contributed by atoms with van der Waals surface area (Å²) in [5.41, 5.74) is 7.20. The monoisotopic (exact) mass is 400 g/mol. The van der Waals surface area contributed by atoms with E-state index in [2.05, 4.69) is 43.1 Å². The molecule has 3 aromatic rings. The lowest BCUT2D eigenvalue weighted by atomic mass is 10.1. The van der Waals surface area contributed by atoms with Gasteiger partial charge in [-0.3, -0.25) is 15.4 Å². The maximum atomic E-state index is 4.24. The quantitative estimate of drug-likeness (QED) is 0.309. The fourth-order valence-corrected chi connectivity index (χ4v) is 2.47. The van der Waals surface area contributed by atoms with Crippen LogP contribution in [0.1, 0.15) is 5.56 Å². The summed E-state index contributed by atoms with van der Waals surface area (Å²) in [6.45, 7) is 0. The molecule has 0 fully saturated rings. The summed E-state index contributed by atoms with van der Waals surface area (Å²) in [5.74, 6) is 0. The zero-order valence-electron chi connectivity index (χ0n) is 11.6. The van der Waals surface area contributed by atoms with Gasteiger partial charge in [-0.25, -0.2) is 0 Å². The lowest BCUT2D eigenvalue weighted by Gasteiger charge is -2.03. The van der Waals surface area contributed by atoms with Gasteiger partial charge in [0.1, 0.15) is 3.70 Å². The second-order valence-electron chi connectivity index (χ2n) is 4.60. The lowest BCUT2D eigenvalue weighted by molar-refractivity contribution is 1.26. The molecule has 0 atom stereocenters. The maximum Gasteiger partial charge on any atom is 0.102 e. The van der Waals surface area contributed by atoms with Gasteiger partial charge in [0.15, 0.2) is 0 Å². The molecule has 3 rings (SSSR count). The summed E-state index contributed by atoms with van der Waals surface area (Å²) in [5, 5.41) is 4.24. The number of benzene rings is 1. The van der Waals surface area contributed by atoms with Gasteiger partial charge in [0, 0.05) is 18.6 Å². The smallest absolute Gasteiger partial charge is 0.102 e. The molecule has 2 heterocycles. The van der Waals surface area contributed by atoms with Crippen LogP contribution in [-0.4, -0.2) is 16.2 Å². The molecule has 0 aliphatic rings. The predicted octanol–water partition coefficient (Wildman–Crippen LogP) is 4.19. The minimum Gasteiger partial charge on any atom is -0.279 e. The van der Waals surface area contributed by atoms with Gasteiger partial charge >= 0.3 is 0 Å². The fraction of sp³-hybridized carbons (Fsp3) is 0. The lowest BCUT2D eigenvalue weighted by Crippen LogP contribution is -1.91. The molecule has 108 valence electrons. The molecule has 0 saturated heterocycles. The van der Waals surface area contributed by atoms with Crippen LogP contribution < -0.4 is 5.43 Å². The van der Waals surface area contributed by atoms with E-state index < -0.39 is 0 Å². The van der Waals surface area contributed by atoms with E-state index in [0.29, 0.717) is 0 Å². The summed E-state index contributed by atoms with van der Waals surface area (Å²) in [6, 6.07) is 15.9. The minimum atomic E-state index is 0.938. The molecule has 2 aromatic heterocycles. The summed E-state index contributed by atoms with van der Waals surface area (Å²) in [6.07, 6.45) is 7.17. The second kappa shape index (κ2) is 7.13. The SMILES string of the molecule is Ic1cc(C=NNc2ccc(-c3cccnc3)cc2)ccn1. The topological polar surface area (TPSA) is 50.2 Å². The third-order valence-electron chi connectivity index (χ3n) is 3.04. The molecule has 0 saturated carbocycles. The standard InChI is InChI=1S/C17H13IN4/c18-17-10-13(7-9-20-17)11-21-22-16-5-3-14(4-6-16)15-2-1-8-19-12-15/h1-12,22H. The van der Waals surface area contributed by atoms with Crippen molar-refractivity contribution < 1.29 is 0 Å². The number of rotatable bonds is 4. The summed E-state index contributed by atoms with van der Waals surface area (Å²) in [4.78, 5) is 8.27. The zero-order valence-corrected chi connectivity index (χ0v) is 13.8. The summed E-state index contributed by atoms with van der Waals surface area (Å²) < 4.78 is 0.947. The Labute approximate surface area is 142 Å². The first-order valence-corrected chi connectivity index (χ1v) is 7.80. The van der Waals surface area contributed by atoms with Crippen LogP contribution in [0, 0.1) is 3.70 Å². The molecule has 22 heavy (non-hydrogen) atoms. The molecule has 1 aromatic carbocycles. The number of nitrogens with zero attached hydrogens (tertiary/aromatic N) is 3. The fourth-order valence-electron chi connectivity index (χ4n) is 1.95. The normalized spacial score (nSPS) is 10.8. The number of anilines is 1. The predicted molar refractivity (Wildman–Crippen MR) is 97.8 cm³/mol. The molecule has 4 nitrogen and oxygen atoms in total. The van der Waals surface area contributed by atoms with E-state index in [1.807, 2.05) is 54.7 Å². The number of nitrogens with one attached hydrogen (secondary N) is 1. The third-order valence-corrected chi connectivity index (χ3v) is 3.63. The van der Waals surface area contributed by atoms with Gasteiger partial charge in [-0.05, 0) is 69.6 Å². The first-order valence-electron chi connectivity index (χ1n) is 6.72. The molecule has 0 unspecified atom stereocenters. The van der Waals surface area contributed by atoms with Crippen molar-refractivity contribution in [3.63, 3.8) is 0 Å². The van der Waals surface area contributed by atoms with E-state index in [4.69, 9.17) is 0 Å². The highest BCUT2D eigenvalue weighted by atomic mass is 127. The Kier molecular flexibility index (Phi) is 4.75. The van der Waals surface area contributed by atoms with Crippen LogP contribution in [0.2, 0.25) is 0 Å². The molecular formula is C17H13IN4. The Morgan fingerprint density at radius 2 is 1.86 bits per heavy atom. The van der Waals surface area contributed by atoms with Gasteiger partial charge < -0.3 is 0 Å². The highest BCUT2D eigenvalue weighted by Crippen LogP contribution is 2.20. The molecule has 1 N–H and O–H groups in total. The van der Waals surface area contributed by atoms with Crippen molar-refractivity contribution in [2.24, 2.45) is 5.10 Å². The minimum absolute atomic E-state index is 0.938. The van der Waals surface area contributed by atoms with Crippen LogP contribution in [-0.2, 0) is 0 Å². The first kappa shape index (κ1) is 14.6. The molecule has 0 bridgehead atoms. The van der Waals surface area contributed by atoms with Gasteiger partial charge in [0.2, 0.25) is 0 Å². The molecular weight excluding hydrogens is 387 g/mol. The summed E-state index contributed by atoms with van der Waals surface area (Å²) in [7, 11) is 0. The number of hydrazone groups is 1. The highest BCUT2D eigenvalue weighted by Gasteiger charge is 1.97. The van der Waals surface area contributed by atoms with Crippen molar-refractivity contribution in [2.45, 2.75) is 0 Å². The van der Waals surface area contributed by atoms with Crippen LogP contribution in [0.15, 0.2) is 72.2 Å². The molecule has 0 spiro atoms. The molecule has 0 aliphatic carbocycles. The van der Waals surface area contributed by atoms with Crippen molar-refractivity contribution in [1.82, 2.24) is 9.97 Å². The summed E-state index contributed by atoms with van der Waals surface area (Å²) >= 11 is 2.18. The number of aromatic nitrogens is 2. The van der Waals surface area contributed by atoms with Crippen LogP contribution in [0.3, 0.4) is 0 Å². The van der Waals surface area contributed by atoms with E-state index in [1.54, 1.807) is 18.6 Å². The number of hydrogen-bond donors (Lipinski definition) is 1. The van der Waals surface area contributed by atoms with Crippen molar-refractivity contribution in [3.8, 4) is 11.1 Å². The van der Waals surface area contributed by atoms with E-state index in [0.717, 1.165) is 26.1 Å². The number of halogens is 1. The van der Waals surface area contributed by atoms with Gasteiger partial charge in [0.25, 0.3) is 0 Å². The van der Waals surface area contributed by atoms with Crippen molar-refractivity contribution in [2.75, 3.05) is 5.43 Å². The van der Waals surface area contributed by atoms with E-state index in [9.17, 15) is 0 Å². The van der Waals surface area contributed by atoms with Crippen LogP contribution >= 0.6 is 22.6 Å². The molecule has 0 amide bonds. The third kappa shape index (κ3) is 3.88. The Bertz CT molecular complexity index is 770. The Hall–Kier alpha value is -2.28. The largest absolute Gasteiger partial charge is 0.279 e. The number of hydrogen-bond acceptors (Lipinski definition) is 4. The average molecular weight is 400 g/mol. The van der Waals surface area contributed by atoms with Crippen LogP contribution in [0.4, 0.5) is 5.69 Å². The molecule has 5 heteroatoms. The van der Waals surface area contributed by atoms with Crippen molar-refractivity contribution >= 4 is 34.5 Å². The van der Waals surface area contributed by atoms with Gasteiger partial charge in [-0.1, -0.05) is 18.2 Å². The van der Waals surface area contributed by atoms with E-state index >= 15 is 0 Å². The highest BCUT2D eigenvalue weighted by molar-refractivity contribution is 14.1. The van der Waals surface area contributed by atoms with Crippen LogP contribution in [0.25, 0.3) is 11.1 Å². The molecule has 0 aliphatic heterocycles. The van der Waals surface area contributed by atoms with Gasteiger partial charge in [-0.15, -0.1) is 0 Å². The van der Waals surface area contributed by atoms with Crippen LogP contribution in [0.5, 0.6) is 0 Å². The first-order chi connectivity index (χ1) is 10.8. The molecule has 0 radical (unpaired) electrons. The van der Waals surface area contributed by atoms with Gasteiger partial charge in [-0.2, -0.15) is 5.10 Å². The maximum absolute atomic E-state index is 4.24. The van der Waals surface area contributed by atoms with Crippen molar-refractivity contribution in [3.05, 3.63) is 76.4 Å². The number of pyridine rings is 2. The van der Waals surface area contributed by atoms with Crippen molar-refractivity contribution in [1.29, 1.82) is 0 Å². The Balaban J connectivity index is 1.67. The Morgan fingerprint density at radius 3 is 2.59 bits per heavy atom. The Morgan fingerprint density at radius 1 is 1.00 bits per heavy atom. The average Bonchev–Trinajstić information content (AvgIpc) is 2.56. The second-order valence-corrected chi connectivity index (χ2v) is 5.71. The zero-order chi connectivity index (χ0) is 15.2. The van der Waals surface area contributed by atoms with E-state index in [1.165, 1.54) is 0 Å².